The summed E-state index contributed by atoms with van der Waals surface area (Å²) in [5, 5.41) is 5.84. The van der Waals surface area contributed by atoms with Crippen molar-refractivity contribution >= 4 is 56.3 Å². The second-order valence-electron chi connectivity index (χ2n) is 6.78. The molecule has 0 aliphatic heterocycles. The topological polar surface area (TPSA) is 60.1 Å². The van der Waals surface area contributed by atoms with Crippen molar-refractivity contribution in [1.29, 1.82) is 0 Å². The van der Waals surface area contributed by atoms with E-state index < -0.39 is 0 Å². The number of rotatable bonds is 5. The predicted molar refractivity (Wildman–Crippen MR) is 118 cm³/mol. The highest BCUT2D eigenvalue weighted by Crippen LogP contribution is 2.31. The number of thioether (sulfide) groups is 1. The Morgan fingerprint density at radius 3 is 2.69 bits per heavy atom. The van der Waals surface area contributed by atoms with E-state index in [0.29, 0.717) is 5.22 Å². The number of aromatic nitrogens is 2. The van der Waals surface area contributed by atoms with Gasteiger partial charge in [-0.05, 0) is 43.3 Å². The van der Waals surface area contributed by atoms with Crippen LogP contribution in [0, 0.1) is 0 Å². The van der Waals surface area contributed by atoms with Crippen LogP contribution in [-0.2, 0) is 11.3 Å². The number of benzene rings is 3. The molecule has 29 heavy (non-hydrogen) atoms. The van der Waals surface area contributed by atoms with Crippen molar-refractivity contribution in [3.8, 4) is 0 Å². The van der Waals surface area contributed by atoms with E-state index in [2.05, 4.69) is 46.1 Å². The highest BCUT2D eigenvalue weighted by atomic mass is 32.2. The summed E-state index contributed by atoms with van der Waals surface area (Å²) in [6.07, 6.45) is 0. The summed E-state index contributed by atoms with van der Waals surface area (Å²) in [7, 11) is 0. The van der Waals surface area contributed by atoms with Gasteiger partial charge >= 0.3 is 0 Å². The Morgan fingerprint density at radius 1 is 1.03 bits per heavy atom. The molecule has 6 heteroatoms. The van der Waals surface area contributed by atoms with E-state index in [1.54, 1.807) is 0 Å². The van der Waals surface area contributed by atoms with Crippen LogP contribution in [0.2, 0.25) is 0 Å². The van der Waals surface area contributed by atoms with E-state index in [1.807, 2.05) is 42.5 Å². The van der Waals surface area contributed by atoms with Crippen molar-refractivity contribution in [1.82, 2.24) is 9.55 Å². The van der Waals surface area contributed by atoms with Gasteiger partial charge in [0.1, 0.15) is 5.52 Å². The number of aryl methyl sites for hydroxylation is 1. The van der Waals surface area contributed by atoms with Gasteiger partial charge in [0.15, 0.2) is 5.58 Å². The molecule has 1 N–H and O–H groups in total. The van der Waals surface area contributed by atoms with Gasteiger partial charge in [0, 0.05) is 34.0 Å². The molecule has 0 aliphatic carbocycles. The molecule has 0 radical (unpaired) electrons. The monoisotopic (exact) mass is 401 g/mol. The Labute approximate surface area is 171 Å². The number of carbonyl (C=O) groups is 1. The molecule has 5 aromatic rings. The van der Waals surface area contributed by atoms with Gasteiger partial charge < -0.3 is 14.3 Å². The standard InChI is InChI=1S/C23H19N3O2S/c1-2-26-19-9-5-3-7-16(19)17-13-15(11-12-20(17)26)24-22(27)14-29-23-25-18-8-4-6-10-21(18)28-23/h3-13H,2,14H2,1H3,(H,24,27). The van der Waals surface area contributed by atoms with Gasteiger partial charge in [0.2, 0.25) is 5.91 Å². The molecule has 0 atom stereocenters. The number of amides is 1. The number of hydrogen-bond acceptors (Lipinski definition) is 4. The summed E-state index contributed by atoms with van der Waals surface area (Å²) in [5.41, 5.74) is 4.70. The van der Waals surface area contributed by atoms with Crippen molar-refractivity contribution in [3.63, 3.8) is 0 Å². The molecular formula is C23H19N3O2S. The Kier molecular flexibility index (Phi) is 4.48. The molecule has 0 spiro atoms. The van der Waals surface area contributed by atoms with Gasteiger partial charge in [-0.15, -0.1) is 0 Å². The largest absolute Gasteiger partial charge is 0.431 e. The highest BCUT2D eigenvalue weighted by molar-refractivity contribution is 7.99. The maximum absolute atomic E-state index is 12.5. The number of fused-ring (bicyclic) bond motifs is 4. The number of carbonyl (C=O) groups excluding carboxylic acids is 1. The number of nitrogens with zero attached hydrogens (tertiary/aromatic N) is 2. The third-order valence-corrected chi connectivity index (χ3v) is 5.80. The zero-order valence-corrected chi connectivity index (χ0v) is 16.7. The van der Waals surface area contributed by atoms with Gasteiger partial charge in [-0.2, -0.15) is 0 Å². The van der Waals surface area contributed by atoms with Crippen LogP contribution in [0.5, 0.6) is 0 Å². The molecule has 5 nitrogen and oxygen atoms in total. The Morgan fingerprint density at radius 2 is 1.83 bits per heavy atom. The predicted octanol–water partition coefficient (Wildman–Crippen LogP) is 5.69. The normalized spacial score (nSPS) is 11.5. The lowest BCUT2D eigenvalue weighted by Gasteiger charge is -2.06. The van der Waals surface area contributed by atoms with Gasteiger partial charge in [-0.1, -0.05) is 42.1 Å². The molecule has 0 unspecified atom stereocenters. The second kappa shape index (κ2) is 7.29. The van der Waals surface area contributed by atoms with E-state index in [-0.39, 0.29) is 11.7 Å². The smallest absolute Gasteiger partial charge is 0.257 e. The molecule has 2 heterocycles. The maximum atomic E-state index is 12.5. The Hall–Kier alpha value is -3.25. The quantitative estimate of drug-likeness (QED) is 0.385. The van der Waals surface area contributed by atoms with E-state index in [4.69, 9.17) is 4.42 Å². The molecule has 0 saturated carbocycles. The van der Waals surface area contributed by atoms with E-state index in [1.165, 1.54) is 28.2 Å². The van der Waals surface area contributed by atoms with Crippen LogP contribution < -0.4 is 5.32 Å². The van der Waals surface area contributed by atoms with Crippen LogP contribution in [0.25, 0.3) is 32.9 Å². The third-order valence-electron chi connectivity index (χ3n) is 4.97. The van der Waals surface area contributed by atoms with E-state index in [0.717, 1.165) is 28.7 Å². The zero-order valence-electron chi connectivity index (χ0n) is 15.9. The van der Waals surface area contributed by atoms with Crippen molar-refractivity contribution in [2.75, 3.05) is 11.1 Å². The molecule has 3 aromatic carbocycles. The zero-order chi connectivity index (χ0) is 19.8. The number of hydrogen-bond donors (Lipinski definition) is 1. The van der Waals surface area contributed by atoms with Crippen LogP contribution in [-0.4, -0.2) is 21.2 Å². The average molecular weight is 401 g/mol. The first-order valence-electron chi connectivity index (χ1n) is 9.52. The lowest BCUT2D eigenvalue weighted by Crippen LogP contribution is -2.13. The summed E-state index contributed by atoms with van der Waals surface area (Å²) < 4.78 is 7.95. The van der Waals surface area contributed by atoms with Gasteiger partial charge in [0.05, 0.1) is 5.75 Å². The van der Waals surface area contributed by atoms with Gasteiger partial charge in [0.25, 0.3) is 5.22 Å². The summed E-state index contributed by atoms with van der Waals surface area (Å²) in [6, 6.07) is 22.0. The van der Waals surface area contributed by atoms with Crippen molar-refractivity contribution < 1.29 is 9.21 Å². The fourth-order valence-electron chi connectivity index (χ4n) is 3.71. The SMILES string of the molecule is CCn1c2ccccc2c2cc(NC(=O)CSc3nc4ccccc4o3)ccc21. The minimum absolute atomic E-state index is 0.0872. The number of nitrogens with one attached hydrogen (secondary N) is 1. The average Bonchev–Trinajstić information content (AvgIpc) is 3.30. The first-order chi connectivity index (χ1) is 14.2. The van der Waals surface area contributed by atoms with Crippen LogP contribution in [0.1, 0.15) is 6.92 Å². The lowest BCUT2D eigenvalue weighted by molar-refractivity contribution is -0.113. The minimum Gasteiger partial charge on any atom is -0.431 e. The number of para-hydroxylation sites is 3. The molecular weight excluding hydrogens is 382 g/mol. The molecule has 0 fully saturated rings. The fraction of sp³-hybridized carbons (Fsp3) is 0.130. The molecule has 2 aromatic heterocycles. The lowest BCUT2D eigenvalue weighted by atomic mass is 10.1. The van der Waals surface area contributed by atoms with Crippen LogP contribution >= 0.6 is 11.8 Å². The Bertz CT molecular complexity index is 1320. The van der Waals surface area contributed by atoms with Crippen molar-refractivity contribution in [2.45, 2.75) is 18.7 Å². The first-order valence-corrected chi connectivity index (χ1v) is 10.5. The molecule has 0 bridgehead atoms. The molecule has 5 rings (SSSR count). The number of oxazole rings is 1. The summed E-state index contributed by atoms with van der Waals surface area (Å²) >= 11 is 1.29. The van der Waals surface area contributed by atoms with E-state index in [9.17, 15) is 4.79 Å². The summed E-state index contributed by atoms with van der Waals surface area (Å²) in [4.78, 5) is 16.8. The molecule has 0 saturated heterocycles. The highest BCUT2D eigenvalue weighted by Gasteiger charge is 2.12. The molecule has 1 amide bonds. The summed E-state index contributed by atoms with van der Waals surface area (Å²) in [6.45, 7) is 3.04. The van der Waals surface area contributed by atoms with Crippen LogP contribution in [0.4, 0.5) is 5.69 Å². The number of anilines is 1. The van der Waals surface area contributed by atoms with E-state index >= 15 is 0 Å². The molecule has 0 aliphatic rings. The van der Waals surface area contributed by atoms with Gasteiger partial charge in [-0.3, -0.25) is 4.79 Å². The van der Waals surface area contributed by atoms with Crippen LogP contribution in [0.3, 0.4) is 0 Å². The van der Waals surface area contributed by atoms with Crippen molar-refractivity contribution in [3.05, 3.63) is 66.7 Å². The second-order valence-corrected chi connectivity index (χ2v) is 7.70. The first kappa shape index (κ1) is 17.8. The fourth-order valence-corrected chi connectivity index (χ4v) is 4.35. The van der Waals surface area contributed by atoms with Gasteiger partial charge in [-0.25, -0.2) is 4.98 Å². The third kappa shape index (κ3) is 3.25. The molecule has 144 valence electrons. The Balaban J connectivity index is 1.35. The van der Waals surface area contributed by atoms with Crippen LogP contribution in [0.15, 0.2) is 76.4 Å². The maximum Gasteiger partial charge on any atom is 0.257 e. The minimum atomic E-state index is -0.0872. The van der Waals surface area contributed by atoms with Crippen molar-refractivity contribution in [2.24, 2.45) is 0 Å². The summed E-state index contributed by atoms with van der Waals surface area (Å²) in [5.74, 6) is 0.150.